The quantitative estimate of drug-likeness (QED) is 0.797. The Bertz CT molecular complexity index is 777. The number of aromatic nitrogens is 2. The molecule has 2 N–H and O–H groups in total. The minimum Gasteiger partial charge on any atom is -0.328 e. The Morgan fingerprint density at radius 1 is 1.14 bits per heavy atom. The highest BCUT2D eigenvalue weighted by atomic mass is 35.5. The van der Waals surface area contributed by atoms with Crippen LogP contribution in [-0.2, 0) is 19.5 Å². The molecule has 21 heavy (non-hydrogen) atoms. The Morgan fingerprint density at radius 3 is 2.71 bits per heavy atom. The molecule has 0 aliphatic heterocycles. The fourth-order valence-corrected chi connectivity index (χ4v) is 2.94. The number of fused-ring (bicyclic) bond motifs is 1. The highest BCUT2D eigenvalue weighted by Gasteiger charge is 2.11. The molecule has 3 rings (SSSR count). The molecule has 0 saturated heterocycles. The zero-order valence-electron chi connectivity index (χ0n) is 12.0. The largest absolute Gasteiger partial charge is 0.328 e. The Morgan fingerprint density at radius 2 is 1.95 bits per heavy atom. The van der Waals surface area contributed by atoms with E-state index in [1.54, 1.807) is 0 Å². The van der Waals surface area contributed by atoms with Crippen LogP contribution < -0.4 is 5.73 Å². The predicted molar refractivity (Wildman–Crippen MR) is 87.6 cm³/mol. The monoisotopic (exact) mass is 299 g/mol. The van der Waals surface area contributed by atoms with Gasteiger partial charge in [-0.05, 0) is 42.3 Å². The Balaban J connectivity index is 2.07. The summed E-state index contributed by atoms with van der Waals surface area (Å²) in [5, 5.41) is 0.737. The SMILES string of the molecule is CCn1c(Cc2cc(Cl)ccc2CN)nc2ccccc21. The third kappa shape index (κ3) is 2.67. The first-order valence-electron chi connectivity index (χ1n) is 7.14. The molecule has 3 nitrogen and oxygen atoms in total. The van der Waals surface area contributed by atoms with Crippen molar-refractivity contribution >= 4 is 22.6 Å². The molecule has 0 amide bonds. The van der Waals surface area contributed by atoms with Crippen LogP contribution in [0.15, 0.2) is 42.5 Å². The average Bonchev–Trinajstić information content (AvgIpc) is 2.84. The number of hydrogen-bond donors (Lipinski definition) is 1. The summed E-state index contributed by atoms with van der Waals surface area (Å²) in [4.78, 5) is 4.76. The van der Waals surface area contributed by atoms with Crippen LogP contribution in [0.25, 0.3) is 11.0 Å². The molecular weight excluding hydrogens is 282 g/mol. The second-order valence-corrected chi connectivity index (χ2v) is 5.49. The molecule has 0 aliphatic rings. The first-order valence-corrected chi connectivity index (χ1v) is 7.52. The van der Waals surface area contributed by atoms with Crippen LogP contribution in [0, 0.1) is 0 Å². The number of rotatable bonds is 4. The zero-order valence-corrected chi connectivity index (χ0v) is 12.8. The summed E-state index contributed by atoms with van der Waals surface area (Å²) in [6, 6.07) is 14.1. The molecule has 1 heterocycles. The van der Waals surface area contributed by atoms with Gasteiger partial charge in [0.25, 0.3) is 0 Å². The molecule has 0 aliphatic carbocycles. The molecule has 4 heteroatoms. The molecule has 0 spiro atoms. The second-order valence-electron chi connectivity index (χ2n) is 5.05. The fraction of sp³-hybridized carbons (Fsp3) is 0.235. The van der Waals surface area contributed by atoms with E-state index in [2.05, 4.69) is 17.6 Å². The van der Waals surface area contributed by atoms with Gasteiger partial charge in [-0.2, -0.15) is 0 Å². The van der Waals surface area contributed by atoms with Crippen LogP contribution in [0.1, 0.15) is 23.9 Å². The number of halogens is 1. The van der Waals surface area contributed by atoms with Crippen LogP contribution in [0.3, 0.4) is 0 Å². The minimum atomic E-state index is 0.513. The molecule has 0 unspecified atom stereocenters. The summed E-state index contributed by atoms with van der Waals surface area (Å²) in [5.74, 6) is 1.05. The lowest BCUT2D eigenvalue weighted by atomic mass is 10.0. The third-order valence-corrected chi connectivity index (χ3v) is 4.02. The van der Waals surface area contributed by atoms with Gasteiger partial charge in [-0.15, -0.1) is 0 Å². The molecule has 3 aromatic rings. The summed E-state index contributed by atoms with van der Waals surface area (Å²) >= 11 is 6.12. The van der Waals surface area contributed by atoms with Crippen molar-refractivity contribution < 1.29 is 0 Å². The van der Waals surface area contributed by atoms with Crippen molar-refractivity contribution in [1.29, 1.82) is 0 Å². The highest BCUT2D eigenvalue weighted by molar-refractivity contribution is 6.30. The van der Waals surface area contributed by atoms with Crippen LogP contribution in [0.2, 0.25) is 5.02 Å². The predicted octanol–water partition coefficient (Wildman–Crippen LogP) is 3.76. The van der Waals surface area contributed by atoms with Gasteiger partial charge in [-0.3, -0.25) is 0 Å². The van der Waals surface area contributed by atoms with E-state index in [9.17, 15) is 0 Å². The van der Waals surface area contributed by atoms with Gasteiger partial charge < -0.3 is 10.3 Å². The van der Waals surface area contributed by atoms with E-state index in [1.165, 1.54) is 5.52 Å². The number of nitrogens with two attached hydrogens (primary N) is 1. The van der Waals surface area contributed by atoms with Crippen molar-refractivity contribution in [2.75, 3.05) is 0 Å². The topological polar surface area (TPSA) is 43.8 Å². The fourth-order valence-electron chi connectivity index (χ4n) is 2.74. The van der Waals surface area contributed by atoms with E-state index in [1.807, 2.05) is 36.4 Å². The van der Waals surface area contributed by atoms with Crippen LogP contribution in [0.4, 0.5) is 0 Å². The van der Waals surface area contributed by atoms with Crippen molar-refractivity contribution in [3.8, 4) is 0 Å². The standard InChI is InChI=1S/C17H18ClN3/c1-2-21-16-6-4-3-5-15(16)20-17(21)10-13-9-14(18)8-7-12(13)11-19/h3-9H,2,10-11,19H2,1H3. The Kier molecular flexibility index (Phi) is 3.95. The highest BCUT2D eigenvalue weighted by Crippen LogP contribution is 2.22. The van der Waals surface area contributed by atoms with Crippen molar-refractivity contribution in [3.05, 3.63) is 64.4 Å². The van der Waals surface area contributed by atoms with Gasteiger partial charge in [-0.1, -0.05) is 29.8 Å². The second kappa shape index (κ2) is 5.88. The lowest BCUT2D eigenvalue weighted by Gasteiger charge is -2.10. The van der Waals surface area contributed by atoms with Crippen molar-refractivity contribution in [3.63, 3.8) is 0 Å². The van der Waals surface area contributed by atoms with Crippen molar-refractivity contribution in [1.82, 2.24) is 9.55 Å². The molecule has 0 saturated carbocycles. The number of aryl methyl sites for hydroxylation is 1. The average molecular weight is 300 g/mol. The zero-order chi connectivity index (χ0) is 14.8. The van der Waals surface area contributed by atoms with Gasteiger partial charge in [0.2, 0.25) is 0 Å². The Hall–Kier alpha value is -1.84. The number of para-hydroxylation sites is 2. The summed E-state index contributed by atoms with van der Waals surface area (Å²) in [5.41, 5.74) is 10.3. The molecular formula is C17H18ClN3. The first-order chi connectivity index (χ1) is 10.2. The van der Waals surface area contributed by atoms with Crippen LogP contribution in [0.5, 0.6) is 0 Å². The normalized spacial score (nSPS) is 11.2. The third-order valence-electron chi connectivity index (χ3n) is 3.79. The van der Waals surface area contributed by atoms with Crippen molar-refractivity contribution in [2.45, 2.75) is 26.4 Å². The maximum Gasteiger partial charge on any atom is 0.114 e. The maximum atomic E-state index is 6.12. The molecule has 108 valence electrons. The number of imidazole rings is 1. The molecule has 0 bridgehead atoms. The Labute approximate surface area is 129 Å². The van der Waals surface area contributed by atoms with Crippen molar-refractivity contribution in [2.24, 2.45) is 5.73 Å². The molecule has 0 radical (unpaired) electrons. The van der Waals surface area contributed by atoms with Gasteiger partial charge in [0, 0.05) is 24.5 Å². The van der Waals surface area contributed by atoms with Gasteiger partial charge >= 0.3 is 0 Å². The van der Waals surface area contributed by atoms with E-state index >= 15 is 0 Å². The summed E-state index contributed by atoms with van der Waals surface area (Å²) < 4.78 is 2.25. The van der Waals surface area contributed by atoms with Gasteiger partial charge in [-0.25, -0.2) is 4.98 Å². The lowest BCUT2D eigenvalue weighted by molar-refractivity contribution is 0.731. The van der Waals surface area contributed by atoms with E-state index in [-0.39, 0.29) is 0 Å². The van der Waals surface area contributed by atoms with Gasteiger partial charge in [0.05, 0.1) is 11.0 Å². The summed E-state index contributed by atoms with van der Waals surface area (Å²) in [7, 11) is 0. The minimum absolute atomic E-state index is 0.513. The summed E-state index contributed by atoms with van der Waals surface area (Å²) in [6.45, 7) is 3.55. The number of nitrogens with zero attached hydrogens (tertiary/aromatic N) is 2. The van der Waals surface area contributed by atoms with Crippen LogP contribution >= 0.6 is 11.6 Å². The van der Waals surface area contributed by atoms with E-state index < -0.39 is 0 Å². The van der Waals surface area contributed by atoms with E-state index in [4.69, 9.17) is 22.3 Å². The molecule has 0 fully saturated rings. The maximum absolute atomic E-state index is 6.12. The number of benzene rings is 2. The lowest BCUT2D eigenvalue weighted by Crippen LogP contribution is -2.06. The number of hydrogen-bond acceptors (Lipinski definition) is 2. The molecule has 0 atom stereocenters. The molecule has 2 aromatic carbocycles. The smallest absolute Gasteiger partial charge is 0.114 e. The van der Waals surface area contributed by atoms with Gasteiger partial charge in [0.1, 0.15) is 5.82 Å². The summed E-state index contributed by atoms with van der Waals surface area (Å²) in [6.07, 6.45) is 0.746. The first kappa shape index (κ1) is 14.1. The molecule has 1 aromatic heterocycles. The van der Waals surface area contributed by atoms with E-state index in [0.29, 0.717) is 6.54 Å². The van der Waals surface area contributed by atoms with Crippen LogP contribution in [-0.4, -0.2) is 9.55 Å². The van der Waals surface area contributed by atoms with Gasteiger partial charge in [0.15, 0.2) is 0 Å². The van der Waals surface area contributed by atoms with E-state index in [0.717, 1.165) is 40.5 Å².